The van der Waals surface area contributed by atoms with Gasteiger partial charge in [-0.1, -0.05) is 12.1 Å². The molecular weight excluding hydrogens is 322 g/mol. The van der Waals surface area contributed by atoms with Crippen LogP contribution >= 0.6 is 0 Å². The average molecular weight is 337 g/mol. The number of pyridine rings is 1. The number of carbonyl (C=O) groups excluding carboxylic acids is 1. The number of anilines is 1. The predicted molar refractivity (Wildman–Crippen MR) is 91.0 cm³/mol. The maximum absolute atomic E-state index is 12.3. The molecule has 7 heteroatoms. The first-order chi connectivity index (χ1) is 12.2. The number of benzene rings is 1. The van der Waals surface area contributed by atoms with Crippen molar-refractivity contribution in [3.8, 4) is 11.5 Å². The first kappa shape index (κ1) is 15.2. The number of ether oxygens (including phenoxy) is 2. The number of carbonyl (C=O) groups is 1. The third-order valence-electron chi connectivity index (χ3n) is 3.97. The van der Waals surface area contributed by atoms with Crippen molar-refractivity contribution in [2.75, 3.05) is 12.1 Å². The largest absolute Gasteiger partial charge is 0.454 e. The van der Waals surface area contributed by atoms with Crippen molar-refractivity contribution < 1.29 is 14.3 Å². The van der Waals surface area contributed by atoms with E-state index in [0.29, 0.717) is 23.6 Å². The smallest absolute Gasteiger partial charge is 0.281 e. The summed E-state index contributed by atoms with van der Waals surface area (Å²) in [5.74, 6) is 1.16. The van der Waals surface area contributed by atoms with Crippen molar-refractivity contribution in [3.05, 3.63) is 64.7 Å². The summed E-state index contributed by atoms with van der Waals surface area (Å²) in [6.07, 6.45) is 3.78. The Kier molecular flexibility index (Phi) is 3.81. The Bertz CT molecular complexity index is 1010. The lowest BCUT2D eigenvalue weighted by Gasteiger charge is -2.07. The number of aromatic nitrogens is 2. The highest BCUT2D eigenvalue weighted by atomic mass is 16.7. The van der Waals surface area contributed by atoms with E-state index in [1.165, 1.54) is 10.6 Å². The Morgan fingerprint density at radius 1 is 1.20 bits per heavy atom. The van der Waals surface area contributed by atoms with Gasteiger partial charge in [-0.2, -0.15) is 0 Å². The Morgan fingerprint density at radius 3 is 3.00 bits per heavy atom. The highest BCUT2D eigenvalue weighted by molar-refractivity contribution is 5.90. The molecule has 2 aromatic heterocycles. The van der Waals surface area contributed by atoms with Crippen LogP contribution in [0.5, 0.6) is 11.5 Å². The van der Waals surface area contributed by atoms with Crippen LogP contribution in [0.15, 0.2) is 53.6 Å². The van der Waals surface area contributed by atoms with Crippen LogP contribution in [0.1, 0.15) is 12.0 Å². The van der Waals surface area contributed by atoms with Gasteiger partial charge in [-0.25, -0.2) is 4.98 Å². The number of hydrogen-bond donors (Lipinski definition) is 1. The van der Waals surface area contributed by atoms with Crippen LogP contribution < -0.4 is 20.3 Å². The SMILES string of the molecule is O=C(CCc1ccc2c(c1)OCO2)Nc1cnc2ccccn2c1=O. The Morgan fingerprint density at radius 2 is 2.08 bits per heavy atom. The standard InChI is InChI=1S/C18H15N3O4/c22-17(7-5-12-4-6-14-15(9-12)25-11-24-14)20-13-10-19-16-3-1-2-8-21(16)18(13)23/h1-4,6,8-10H,5,7,11H2,(H,20,22). The van der Waals surface area contributed by atoms with Gasteiger partial charge in [0.2, 0.25) is 12.7 Å². The summed E-state index contributed by atoms with van der Waals surface area (Å²) < 4.78 is 12.0. The topological polar surface area (TPSA) is 81.9 Å². The van der Waals surface area contributed by atoms with Gasteiger partial charge >= 0.3 is 0 Å². The van der Waals surface area contributed by atoms with Crippen LogP contribution in [-0.4, -0.2) is 22.1 Å². The zero-order valence-electron chi connectivity index (χ0n) is 13.3. The maximum atomic E-state index is 12.3. The third-order valence-corrected chi connectivity index (χ3v) is 3.97. The summed E-state index contributed by atoms with van der Waals surface area (Å²) in [6.45, 7) is 0.220. The van der Waals surface area contributed by atoms with Gasteiger partial charge in [0.25, 0.3) is 5.56 Å². The third kappa shape index (κ3) is 3.03. The summed E-state index contributed by atoms with van der Waals surface area (Å²) >= 11 is 0. The van der Waals surface area contributed by atoms with Gasteiger partial charge in [-0.05, 0) is 36.2 Å². The van der Waals surface area contributed by atoms with E-state index in [1.807, 2.05) is 18.2 Å². The molecule has 0 bridgehead atoms. The summed E-state index contributed by atoms with van der Waals surface area (Å²) in [5, 5.41) is 2.63. The number of hydrogen-bond acceptors (Lipinski definition) is 5. The zero-order valence-corrected chi connectivity index (χ0v) is 13.3. The number of amides is 1. The van der Waals surface area contributed by atoms with Gasteiger partial charge in [0.05, 0.1) is 6.20 Å². The lowest BCUT2D eigenvalue weighted by molar-refractivity contribution is -0.116. The fourth-order valence-electron chi connectivity index (χ4n) is 2.68. The Hall–Kier alpha value is -3.35. The molecule has 3 aromatic rings. The molecule has 0 radical (unpaired) electrons. The van der Waals surface area contributed by atoms with Crippen LogP contribution in [0, 0.1) is 0 Å². The monoisotopic (exact) mass is 337 g/mol. The van der Waals surface area contributed by atoms with Gasteiger partial charge in [-0.15, -0.1) is 0 Å². The molecule has 7 nitrogen and oxygen atoms in total. The zero-order chi connectivity index (χ0) is 17.2. The van der Waals surface area contributed by atoms with Crippen molar-refractivity contribution in [1.29, 1.82) is 0 Å². The summed E-state index contributed by atoms with van der Waals surface area (Å²) in [7, 11) is 0. The van der Waals surface area contributed by atoms with Crippen LogP contribution in [0.25, 0.3) is 5.65 Å². The second-order valence-corrected chi connectivity index (χ2v) is 5.64. The molecule has 3 heterocycles. The molecule has 1 N–H and O–H groups in total. The minimum Gasteiger partial charge on any atom is -0.454 e. The first-order valence-corrected chi connectivity index (χ1v) is 7.85. The quantitative estimate of drug-likeness (QED) is 0.787. The number of fused-ring (bicyclic) bond motifs is 2. The summed E-state index contributed by atoms with van der Waals surface area (Å²) in [4.78, 5) is 28.7. The molecule has 0 spiro atoms. The molecule has 0 saturated carbocycles. The molecule has 1 aliphatic heterocycles. The lowest BCUT2D eigenvalue weighted by Crippen LogP contribution is -2.23. The fraction of sp³-hybridized carbons (Fsp3) is 0.167. The number of nitrogens with one attached hydrogen (secondary N) is 1. The van der Waals surface area contributed by atoms with Gasteiger partial charge < -0.3 is 14.8 Å². The van der Waals surface area contributed by atoms with E-state index in [4.69, 9.17) is 9.47 Å². The van der Waals surface area contributed by atoms with E-state index in [-0.39, 0.29) is 30.4 Å². The summed E-state index contributed by atoms with van der Waals surface area (Å²) in [6, 6.07) is 10.9. The molecule has 0 fully saturated rings. The van der Waals surface area contributed by atoms with E-state index >= 15 is 0 Å². The van der Waals surface area contributed by atoms with Crippen LogP contribution in [0.4, 0.5) is 5.69 Å². The van der Waals surface area contributed by atoms with Crippen LogP contribution in [-0.2, 0) is 11.2 Å². The highest BCUT2D eigenvalue weighted by Crippen LogP contribution is 2.32. The van der Waals surface area contributed by atoms with Gasteiger partial charge in [-0.3, -0.25) is 14.0 Å². The van der Waals surface area contributed by atoms with Gasteiger partial charge in [0, 0.05) is 12.6 Å². The molecule has 4 rings (SSSR count). The Balaban J connectivity index is 1.44. The number of nitrogens with zero attached hydrogens (tertiary/aromatic N) is 2. The van der Waals surface area contributed by atoms with Crippen LogP contribution in [0.2, 0.25) is 0 Å². The maximum Gasteiger partial charge on any atom is 0.281 e. The molecule has 0 atom stereocenters. The Labute approximate surface area is 142 Å². The molecule has 1 aliphatic rings. The molecule has 1 amide bonds. The first-order valence-electron chi connectivity index (χ1n) is 7.85. The molecule has 0 aliphatic carbocycles. The van der Waals surface area contributed by atoms with E-state index < -0.39 is 0 Å². The van der Waals surface area contributed by atoms with E-state index in [9.17, 15) is 9.59 Å². The lowest BCUT2D eigenvalue weighted by atomic mass is 10.1. The minimum atomic E-state index is -0.304. The normalized spacial score (nSPS) is 12.3. The predicted octanol–water partition coefficient (Wildman–Crippen LogP) is 1.99. The molecule has 0 saturated heterocycles. The van der Waals surface area contributed by atoms with E-state index in [0.717, 1.165) is 5.56 Å². The van der Waals surface area contributed by atoms with Crippen molar-refractivity contribution in [3.63, 3.8) is 0 Å². The minimum absolute atomic E-state index is 0.166. The van der Waals surface area contributed by atoms with Crippen molar-refractivity contribution in [2.24, 2.45) is 0 Å². The second kappa shape index (κ2) is 6.27. The van der Waals surface area contributed by atoms with Crippen LogP contribution in [0.3, 0.4) is 0 Å². The average Bonchev–Trinajstić information content (AvgIpc) is 3.10. The second-order valence-electron chi connectivity index (χ2n) is 5.64. The fourth-order valence-corrected chi connectivity index (χ4v) is 2.68. The van der Waals surface area contributed by atoms with E-state index in [2.05, 4.69) is 10.3 Å². The summed E-state index contributed by atoms with van der Waals surface area (Å²) in [5.41, 5.74) is 1.36. The van der Waals surface area contributed by atoms with Gasteiger partial charge in [0.1, 0.15) is 11.3 Å². The van der Waals surface area contributed by atoms with Crippen molar-refractivity contribution in [1.82, 2.24) is 9.38 Å². The molecule has 126 valence electrons. The van der Waals surface area contributed by atoms with Crippen molar-refractivity contribution in [2.45, 2.75) is 12.8 Å². The molecule has 25 heavy (non-hydrogen) atoms. The van der Waals surface area contributed by atoms with Gasteiger partial charge in [0.15, 0.2) is 11.5 Å². The van der Waals surface area contributed by atoms with Crippen molar-refractivity contribution >= 4 is 17.2 Å². The van der Waals surface area contributed by atoms with E-state index in [1.54, 1.807) is 24.4 Å². The molecule has 0 unspecified atom stereocenters. The highest BCUT2D eigenvalue weighted by Gasteiger charge is 2.14. The number of rotatable bonds is 4. The number of aryl methyl sites for hydroxylation is 1. The molecule has 1 aromatic carbocycles. The molecular formula is C18H15N3O4.